The fourth-order valence-corrected chi connectivity index (χ4v) is 3.38. The molecule has 118 valence electrons. The predicted octanol–water partition coefficient (Wildman–Crippen LogP) is -0.358. The van der Waals surface area contributed by atoms with Crippen molar-refractivity contribution in [3.63, 3.8) is 0 Å². The number of nitrogens with zero attached hydrogens (tertiary/aromatic N) is 1. The first-order valence-electron chi connectivity index (χ1n) is 6.46. The number of ether oxygens (including phenoxy) is 2. The van der Waals surface area contributed by atoms with Crippen molar-refractivity contribution in [3.8, 4) is 5.75 Å². The summed E-state index contributed by atoms with van der Waals surface area (Å²) in [7, 11) is 1.34. The lowest BCUT2D eigenvalue weighted by Gasteiger charge is -2.41. The summed E-state index contributed by atoms with van der Waals surface area (Å²) < 4.78 is 10.3. The van der Waals surface area contributed by atoms with Crippen molar-refractivity contribution in [2.24, 2.45) is 0 Å². The van der Waals surface area contributed by atoms with Crippen LogP contribution in [0.5, 0.6) is 5.75 Å². The highest BCUT2D eigenvalue weighted by Gasteiger charge is 2.45. The molecule has 1 aromatic rings. The average molecular weight is 317 g/mol. The van der Waals surface area contributed by atoms with Gasteiger partial charge in [-0.2, -0.15) is 0 Å². The highest BCUT2D eigenvalue weighted by atomic mass is 32.2. The van der Waals surface area contributed by atoms with Gasteiger partial charge in [-0.15, -0.1) is 0 Å². The van der Waals surface area contributed by atoms with Gasteiger partial charge in [-0.05, 0) is 19.1 Å². The number of thioether (sulfide) groups is 1. The lowest BCUT2D eigenvalue weighted by Crippen LogP contribution is -2.57. The largest absolute Gasteiger partial charge is 0.505 e. The molecular formula is C13H19NO6S. The summed E-state index contributed by atoms with van der Waals surface area (Å²) in [5.41, 5.74) is 0.706. The van der Waals surface area contributed by atoms with E-state index in [1.807, 2.05) is 0 Å². The molecular weight excluding hydrogens is 298 g/mol. The van der Waals surface area contributed by atoms with Gasteiger partial charge < -0.3 is 29.9 Å². The fraction of sp³-hybridized carbons (Fsp3) is 0.615. The van der Waals surface area contributed by atoms with E-state index in [9.17, 15) is 20.4 Å². The number of aryl methyl sites for hydroxylation is 1. The van der Waals surface area contributed by atoms with Gasteiger partial charge in [0.2, 0.25) is 0 Å². The molecule has 8 heteroatoms. The molecule has 4 N–H and O–H groups in total. The van der Waals surface area contributed by atoms with Crippen LogP contribution < -0.4 is 0 Å². The Kier molecular flexibility index (Phi) is 5.42. The van der Waals surface area contributed by atoms with Gasteiger partial charge >= 0.3 is 0 Å². The molecule has 0 bridgehead atoms. The number of hydrogen-bond acceptors (Lipinski definition) is 8. The number of pyridine rings is 1. The standard InChI is InChI=1S/C13H19NO6S/c1-6-3-4-7(16)12(14-6)21-11-8(5-15)20-13(19-2)10(18)9(11)17/h3-4,8-11,13,15-18H,5H2,1-2H3. The summed E-state index contributed by atoms with van der Waals surface area (Å²) >= 11 is 1.05. The second-order valence-electron chi connectivity index (χ2n) is 4.80. The molecule has 21 heavy (non-hydrogen) atoms. The van der Waals surface area contributed by atoms with Crippen LogP contribution >= 0.6 is 11.8 Å². The zero-order chi connectivity index (χ0) is 15.6. The summed E-state index contributed by atoms with van der Waals surface area (Å²) in [4.78, 5) is 4.19. The smallest absolute Gasteiger partial charge is 0.186 e. The SMILES string of the molecule is COC1OC(CO)C(Sc2nc(C)ccc2O)C(O)C1O. The van der Waals surface area contributed by atoms with Crippen LogP contribution in [0.4, 0.5) is 0 Å². The number of aromatic hydroxyl groups is 1. The molecule has 0 aromatic carbocycles. The number of aliphatic hydroxyl groups is 3. The van der Waals surface area contributed by atoms with E-state index in [1.54, 1.807) is 13.0 Å². The van der Waals surface area contributed by atoms with E-state index in [0.717, 1.165) is 11.8 Å². The van der Waals surface area contributed by atoms with Crippen LogP contribution in [0.15, 0.2) is 17.2 Å². The van der Waals surface area contributed by atoms with E-state index < -0.39 is 29.9 Å². The summed E-state index contributed by atoms with van der Waals surface area (Å²) in [6, 6.07) is 3.16. The van der Waals surface area contributed by atoms with E-state index in [2.05, 4.69) is 4.98 Å². The molecule has 2 rings (SSSR count). The van der Waals surface area contributed by atoms with Crippen molar-refractivity contribution in [3.05, 3.63) is 17.8 Å². The fourth-order valence-electron chi connectivity index (χ4n) is 2.13. The summed E-state index contributed by atoms with van der Waals surface area (Å²) in [5.74, 6) is -0.0298. The number of aliphatic hydroxyl groups excluding tert-OH is 3. The van der Waals surface area contributed by atoms with Gasteiger partial charge in [-0.25, -0.2) is 4.98 Å². The molecule has 1 fully saturated rings. The average Bonchev–Trinajstić information content (AvgIpc) is 2.48. The minimum Gasteiger partial charge on any atom is -0.505 e. The Morgan fingerprint density at radius 3 is 2.67 bits per heavy atom. The summed E-state index contributed by atoms with van der Waals surface area (Å²) in [6.07, 6.45) is -4.19. The minimum absolute atomic E-state index is 0.0298. The third kappa shape index (κ3) is 3.47. The second-order valence-corrected chi connectivity index (χ2v) is 5.97. The molecule has 1 aliphatic rings. The molecule has 1 aromatic heterocycles. The number of aromatic nitrogens is 1. The quantitative estimate of drug-likeness (QED) is 0.596. The number of hydrogen-bond donors (Lipinski definition) is 4. The zero-order valence-electron chi connectivity index (χ0n) is 11.7. The molecule has 5 unspecified atom stereocenters. The van der Waals surface area contributed by atoms with Crippen molar-refractivity contribution in [2.75, 3.05) is 13.7 Å². The number of methoxy groups -OCH3 is 1. The van der Waals surface area contributed by atoms with Crippen LogP contribution in [0.1, 0.15) is 5.69 Å². The molecule has 2 heterocycles. The number of rotatable bonds is 4. The van der Waals surface area contributed by atoms with Gasteiger partial charge in [0.25, 0.3) is 0 Å². The maximum Gasteiger partial charge on any atom is 0.186 e. The molecule has 1 saturated heterocycles. The minimum atomic E-state index is -1.25. The molecule has 1 aliphatic heterocycles. The Balaban J connectivity index is 2.22. The third-order valence-corrected chi connectivity index (χ3v) is 4.66. The molecule has 0 aliphatic carbocycles. The van der Waals surface area contributed by atoms with Crippen molar-refractivity contribution in [2.45, 2.75) is 41.8 Å². The predicted molar refractivity (Wildman–Crippen MR) is 75.1 cm³/mol. The Morgan fingerprint density at radius 1 is 1.33 bits per heavy atom. The lowest BCUT2D eigenvalue weighted by molar-refractivity contribution is -0.259. The Hall–Kier alpha value is -0.900. The van der Waals surface area contributed by atoms with Gasteiger partial charge in [0.05, 0.1) is 24.1 Å². The molecule has 7 nitrogen and oxygen atoms in total. The first-order chi connectivity index (χ1) is 9.97. The first-order valence-corrected chi connectivity index (χ1v) is 7.34. The Bertz CT molecular complexity index is 486. The molecule has 0 spiro atoms. The Labute approximate surface area is 126 Å². The molecule has 5 atom stereocenters. The maximum absolute atomic E-state index is 10.2. The van der Waals surface area contributed by atoms with Crippen LogP contribution in [0.3, 0.4) is 0 Å². The van der Waals surface area contributed by atoms with E-state index in [4.69, 9.17) is 9.47 Å². The van der Waals surface area contributed by atoms with Gasteiger partial charge in [0, 0.05) is 12.8 Å². The van der Waals surface area contributed by atoms with Gasteiger partial charge in [0.1, 0.15) is 16.9 Å². The van der Waals surface area contributed by atoms with Gasteiger partial charge in [-0.1, -0.05) is 11.8 Å². The highest BCUT2D eigenvalue weighted by molar-refractivity contribution is 8.00. The van der Waals surface area contributed by atoms with Gasteiger partial charge in [-0.3, -0.25) is 0 Å². The van der Waals surface area contributed by atoms with E-state index >= 15 is 0 Å². The Morgan fingerprint density at radius 2 is 2.05 bits per heavy atom. The van der Waals surface area contributed by atoms with Crippen LogP contribution in [0, 0.1) is 6.92 Å². The summed E-state index contributed by atoms with van der Waals surface area (Å²) in [5, 5.41) is 39.0. The second kappa shape index (κ2) is 6.91. The van der Waals surface area contributed by atoms with E-state index in [0.29, 0.717) is 10.7 Å². The zero-order valence-corrected chi connectivity index (χ0v) is 12.5. The van der Waals surface area contributed by atoms with Crippen LogP contribution in [-0.2, 0) is 9.47 Å². The van der Waals surface area contributed by atoms with Crippen molar-refractivity contribution < 1.29 is 29.9 Å². The van der Waals surface area contributed by atoms with Crippen molar-refractivity contribution >= 4 is 11.8 Å². The normalized spacial score (nSPS) is 33.1. The van der Waals surface area contributed by atoms with Crippen molar-refractivity contribution in [1.29, 1.82) is 0 Å². The molecule has 0 radical (unpaired) electrons. The third-order valence-electron chi connectivity index (χ3n) is 3.28. The van der Waals surface area contributed by atoms with E-state index in [1.165, 1.54) is 13.2 Å². The summed E-state index contributed by atoms with van der Waals surface area (Å²) in [6.45, 7) is 1.42. The van der Waals surface area contributed by atoms with Crippen LogP contribution in [-0.4, -0.2) is 69.0 Å². The lowest BCUT2D eigenvalue weighted by atomic mass is 10.0. The highest BCUT2D eigenvalue weighted by Crippen LogP contribution is 2.37. The van der Waals surface area contributed by atoms with Crippen LogP contribution in [0.2, 0.25) is 0 Å². The van der Waals surface area contributed by atoms with Gasteiger partial charge in [0.15, 0.2) is 6.29 Å². The van der Waals surface area contributed by atoms with Crippen LogP contribution in [0.25, 0.3) is 0 Å². The maximum atomic E-state index is 10.2. The first kappa shape index (κ1) is 16.5. The monoisotopic (exact) mass is 317 g/mol. The topological polar surface area (TPSA) is 112 Å². The molecule has 0 amide bonds. The van der Waals surface area contributed by atoms with E-state index in [-0.39, 0.29) is 12.4 Å². The van der Waals surface area contributed by atoms with Crippen molar-refractivity contribution in [1.82, 2.24) is 4.98 Å². The molecule has 0 saturated carbocycles.